The van der Waals surface area contributed by atoms with Crippen molar-refractivity contribution in [2.75, 3.05) is 0 Å². The lowest BCUT2D eigenvalue weighted by molar-refractivity contribution is 0.0689. The van der Waals surface area contributed by atoms with Crippen molar-refractivity contribution in [2.24, 2.45) is 7.05 Å². The molecule has 164 valence electrons. The summed E-state index contributed by atoms with van der Waals surface area (Å²) in [6.45, 7) is 5.81. The third-order valence-electron chi connectivity index (χ3n) is 5.21. The van der Waals surface area contributed by atoms with E-state index in [4.69, 9.17) is 23.2 Å². The number of carboxylic acids is 1. The minimum absolute atomic E-state index is 0.0567. The van der Waals surface area contributed by atoms with E-state index in [1.807, 2.05) is 37.5 Å². The molecular weight excluding hydrogens is 505 g/mol. The van der Waals surface area contributed by atoms with Crippen molar-refractivity contribution in [3.05, 3.63) is 83.7 Å². The van der Waals surface area contributed by atoms with Crippen LogP contribution in [0.1, 0.15) is 58.7 Å². The number of aromatic carboxylic acids is 1. The largest absolute Gasteiger partial charge is 0.476 e. The Labute approximate surface area is 198 Å². The van der Waals surface area contributed by atoms with Gasteiger partial charge in [0.05, 0.1) is 10.7 Å². The molecule has 1 unspecified atom stereocenters. The lowest BCUT2D eigenvalue weighted by Crippen LogP contribution is -2.24. The highest BCUT2D eigenvalue weighted by Gasteiger charge is 2.31. The molecule has 0 spiro atoms. The van der Waals surface area contributed by atoms with Gasteiger partial charge in [-0.2, -0.15) is 0 Å². The summed E-state index contributed by atoms with van der Waals surface area (Å²) in [5.41, 5.74) is 2.51. The Kier molecular flexibility index (Phi) is 6.98. The average molecular weight is 527 g/mol. The molecule has 0 aliphatic heterocycles. The predicted octanol–water partition coefficient (Wildman–Crippen LogP) is 5.61. The molecule has 1 atom stereocenters. The van der Waals surface area contributed by atoms with E-state index < -0.39 is 11.9 Å². The minimum atomic E-state index is -1.13. The Morgan fingerprint density at radius 2 is 1.90 bits per heavy atom. The van der Waals surface area contributed by atoms with Gasteiger partial charge in [-0.15, -0.1) is 0 Å². The molecule has 3 aromatic rings. The van der Waals surface area contributed by atoms with Crippen LogP contribution < -0.4 is 5.56 Å². The second-order valence-electron chi connectivity index (χ2n) is 7.74. The zero-order chi connectivity index (χ0) is 23.0. The summed E-state index contributed by atoms with van der Waals surface area (Å²) in [5.74, 6) is -1.60. The Bertz CT molecular complexity index is 1220. The monoisotopic (exact) mass is 525 g/mol. The molecule has 0 aliphatic rings. The number of rotatable bonds is 6. The number of imidazole rings is 1. The average Bonchev–Trinajstić information content (AvgIpc) is 3.01. The summed E-state index contributed by atoms with van der Waals surface area (Å²) >= 11 is 15.8. The van der Waals surface area contributed by atoms with Crippen molar-refractivity contribution in [3.8, 4) is 0 Å². The van der Waals surface area contributed by atoms with E-state index in [-0.39, 0.29) is 23.7 Å². The maximum Gasteiger partial charge on any atom is 0.356 e. The third kappa shape index (κ3) is 4.73. The maximum atomic E-state index is 12.8. The summed E-state index contributed by atoms with van der Waals surface area (Å²) in [6, 6.07) is 7.02. The van der Waals surface area contributed by atoms with Crippen molar-refractivity contribution >= 4 is 45.1 Å². The molecule has 0 radical (unpaired) electrons. The van der Waals surface area contributed by atoms with E-state index in [9.17, 15) is 14.7 Å². The Hall–Kier alpha value is -2.09. The number of hydrogen-bond acceptors (Lipinski definition) is 3. The molecule has 9 heteroatoms. The van der Waals surface area contributed by atoms with Gasteiger partial charge in [0.15, 0.2) is 10.4 Å². The quantitative estimate of drug-likeness (QED) is 0.452. The van der Waals surface area contributed by atoms with E-state index >= 15 is 0 Å². The number of benzene rings is 1. The smallest absolute Gasteiger partial charge is 0.356 e. The summed E-state index contributed by atoms with van der Waals surface area (Å²) in [5, 5.41) is 10.9. The lowest BCUT2D eigenvalue weighted by Gasteiger charge is -2.24. The molecule has 0 amide bonds. The highest BCUT2D eigenvalue weighted by Crippen LogP contribution is 2.37. The van der Waals surface area contributed by atoms with Gasteiger partial charge in [-0.25, -0.2) is 9.78 Å². The first-order valence-corrected chi connectivity index (χ1v) is 11.2. The van der Waals surface area contributed by atoms with Crippen LogP contribution in [0.3, 0.4) is 0 Å². The Balaban J connectivity index is 2.33. The summed E-state index contributed by atoms with van der Waals surface area (Å²) in [4.78, 5) is 29.2. The molecule has 31 heavy (non-hydrogen) atoms. The minimum Gasteiger partial charge on any atom is -0.476 e. The van der Waals surface area contributed by atoms with Gasteiger partial charge in [0.2, 0.25) is 0 Å². The summed E-state index contributed by atoms with van der Waals surface area (Å²) in [7, 11) is 1.64. The van der Waals surface area contributed by atoms with E-state index in [1.165, 1.54) is 4.57 Å². The van der Waals surface area contributed by atoms with Gasteiger partial charge in [-0.3, -0.25) is 4.79 Å². The van der Waals surface area contributed by atoms with E-state index in [0.717, 1.165) is 11.1 Å². The molecule has 3 rings (SSSR count). The molecule has 6 nitrogen and oxygen atoms in total. The standard InChI is InChI=1S/C22H22BrCl2N3O3/c1-11(2)28-19(18(21(30)31)26-22(28)23)17(16-6-5-14(24)7-12(16)3)9-13-8-15(25)10-27(4)20(13)29/h5-8,10-11,17H,9H2,1-4H3,(H,30,31). The van der Waals surface area contributed by atoms with Gasteiger partial charge in [-0.05, 0) is 72.4 Å². The molecule has 0 saturated heterocycles. The second-order valence-corrected chi connectivity index (χ2v) is 9.32. The summed E-state index contributed by atoms with van der Waals surface area (Å²) in [6.07, 6.45) is 1.80. The van der Waals surface area contributed by atoms with Crippen molar-refractivity contribution in [2.45, 2.75) is 39.2 Å². The van der Waals surface area contributed by atoms with Crippen molar-refractivity contribution in [1.82, 2.24) is 14.1 Å². The first kappa shape index (κ1) is 23.6. The predicted molar refractivity (Wildman–Crippen MR) is 126 cm³/mol. The van der Waals surface area contributed by atoms with Crippen LogP contribution in [0.5, 0.6) is 0 Å². The Morgan fingerprint density at radius 1 is 1.23 bits per heavy atom. The normalized spacial score (nSPS) is 12.4. The van der Waals surface area contributed by atoms with Gasteiger partial charge in [0, 0.05) is 35.8 Å². The molecule has 1 aromatic carbocycles. The zero-order valence-electron chi connectivity index (χ0n) is 17.5. The number of nitrogens with zero attached hydrogens (tertiary/aromatic N) is 3. The van der Waals surface area contributed by atoms with Crippen molar-refractivity contribution in [1.29, 1.82) is 0 Å². The van der Waals surface area contributed by atoms with Gasteiger partial charge in [0.25, 0.3) is 5.56 Å². The van der Waals surface area contributed by atoms with Crippen LogP contribution in [0.25, 0.3) is 0 Å². The SMILES string of the molecule is Cc1cc(Cl)ccc1C(Cc1cc(Cl)cn(C)c1=O)c1c(C(=O)O)nc(Br)n1C(C)C. The fraction of sp³-hybridized carbons (Fsp3) is 0.318. The number of aromatic nitrogens is 3. The Morgan fingerprint density at radius 3 is 2.48 bits per heavy atom. The molecule has 1 N–H and O–H groups in total. The number of halogens is 3. The molecular formula is C22H22BrCl2N3O3. The van der Waals surface area contributed by atoms with Crippen LogP contribution in [0.2, 0.25) is 10.0 Å². The fourth-order valence-electron chi connectivity index (χ4n) is 3.88. The van der Waals surface area contributed by atoms with Crippen LogP contribution in [0.15, 0.2) is 40.0 Å². The molecule has 2 aromatic heterocycles. The number of carbonyl (C=O) groups is 1. The van der Waals surface area contributed by atoms with E-state index in [0.29, 0.717) is 26.0 Å². The van der Waals surface area contributed by atoms with Gasteiger partial charge in [-0.1, -0.05) is 29.3 Å². The maximum absolute atomic E-state index is 12.8. The van der Waals surface area contributed by atoms with Crippen LogP contribution in [0.4, 0.5) is 0 Å². The molecule has 0 saturated carbocycles. The van der Waals surface area contributed by atoms with Crippen LogP contribution in [-0.4, -0.2) is 25.2 Å². The highest BCUT2D eigenvalue weighted by atomic mass is 79.9. The summed E-state index contributed by atoms with van der Waals surface area (Å²) < 4.78 is 3.69. The van der Waals surface area contributed by atoms with Crippen LogP contribution in [0, 0.1) is 6.92 Å². The van der Waals surface area contributed by atoms with Gasteiger partial charge in [0.1, 0.15) is 0 Å². The highest BCUT2D eigenvalue weighted by molar-refractivity contribution is 9.10. The molecule has 0 bridgehead atoms. The number of aryl methyl sites for hydroxylation is 2. The van der Waals surface area contributed by atoms with Gasteiger partial charge >= 0.3 is 5.97 Å². The first-order chi connectivity index (χ1) is 14.5. The molecule has 0 aliphatic carbocycles. The van der Waals surface area contributed by atoms with E-state index in [2.05, 4.69) is 20.9 Å². The number of hydrogen-bond donors (Lipinski definition) is 1. The molecule has 2 heterocycles. The zero-order valence-corrected chi connectivity index (χ0v) is 20.6. The number of carboxylic acid groups (broad SMARTS) is 1. The van der Waals surface area contributed by atoms with Gasteiger partial charge < -0.3 is 14.2 Å². The fourth-order valence-corrected chi connectivity index (χ4v) is 5.17. The third-order valence-corrected chi connectivity index (χ3v) is 6.21. The van der Waals surface area contributed by atoms with Crippen molar-refractivity contribution in [3.63, 3.8) is 0 Å². The van der Waals surface area contributed by atoms with Crippen LogP contribution in [-0.2, 0) is 13.5 Å². The topological polar surface area (TPSA) is 77.1 Å². The number of pyridine rings is 1. The first-order valence-electron chi connectivity index (χ1n) is 9.63. The second kappa shape index (κ2) is 9.18. The van der Waals surface area contributed by atoms with Crippen LogP contribution >= 0.6 is 39.1 Å². The van der Waals surface area contributed by atoms with E-state index in [1.54, 1.807) is 25.4 Å². The molecule has 0 fully saturated rings. The lowest BCUT2D eigenvalue weighted by atomic mass is 9.85. The van der Waals surface area contributed by atoms with Crippen molar-refractivity contribution < 1.29 is 9.90 Å².